The molecule has 1 aromatic heterocycles. The van der Waals surface area contributed by atoms with E-state index >= 15 is 0 Å². The van der Waals surface area contributed by atoms with Crippen LogP contribution in [0.5, 0.6) is 0 Å². The van der Waals surface area contributed by atoms with Crippen molar-refractivity contribution in [1.82, 2.24) is 9.55 Å². The predicted octanol–water partition coefficient (Wildman–Crippen LogP) is 2.63. The maximum atomic E-state index is 13.5. The Morgan fingerprint density at radius 2 is 1.75 bits per heavy atom. The van der Waals surface area contributed by atoms with Gasteiger partial charge in [-0.3, -0.25) is 24.0 Å². The van der Waals surface area contributed by atoms with E-state index in [1.54, 1.807) is 24.3 Å². The number of nitrogens with zero attached hydrogens (tertiary/aromatic N) is 3. The fraction of sp³-hybridized carbons (Fsp3) is 0.250. The van der Waals surface area contributed by atoms with Crippen LogP contribution in [0.15, 0.2) is 64.2 Å². The van der Waals surface area contributed by atoms with Crippen molar-refractivity contribution in [2.24, 2.45) is 0 Å². The van der Waals surface area contributed by atoms with Gasteiger partial charge in [-0.05, 0) is 42.7 Å². The Labute approximate surface area is 184 Å². The maximum Gasteiger partial charge on any atom is 0.330 e. The first-order chi connectivity index (χ1) is 15.5. The van der Waals surface area contributed by atoms with E-state index in [0.717, 1.165) is 31.2 Å². The Balaban J connectivity index is 1.83. The number of aromatic nitrogens is 2. The Kier molecular flexibility index (Phi) is 5.90. The molecule has 2 aromatic carbocycles. The molecule has 0 spiro atoms. The number of rotatable bonds is 5. The van der Waals surface area contributed by atoms with Gasteiger partial charge >= 0.3 is 5.69 Å². The summed E-state index contributed by atoms with van der Waals surface area (Å²) in [7, 11) is 0. The number of hydrogen-bond donors (Lipinski definition) is 2. The van der Waals surface area contributed by atoms with Crippen molar-refractivity contribution in [3.8, 4) is 6.07 Å². The van der Waals surface area contributed by atoms with E-state index in [9.17, 15) is 14.4 Å². The van der Waals surface area contributed by atoms with E-state index in [1.807, 2.05) is 36.4 Å². The molecule has 1 heterocycles. The zero-order valence-corrected chi connectivity index (χ0v) is 17.5. The third kappa shape index (κ3) is 4.05. The van der Waals surface area contributed by atoms with Crippen LogP contribution >= 0.6 is 0 Å². The molecule has 1 amide bonds. The van der Waals surface area contributed by atoms with Gasteiger partial charge in [0.2, 0.25) is 0 Å². The molecule has 1 aliphatic rings. The van der Waals surface area contributed by atoms with E-state index in [2.05, 4.69) is 4.98 Å². The van der Waals surface area contributed by atoms with Crippen LogP contribution in [0.4, 0.5) is 11.5 Å². The van der Waals surface area contributed by atoms with Gasteiger partial charge in [0.25, 0.3) is 11.5 Å². The van der Waals surface area contributed by atoms with Gasteiger partial charge in [-0.15, -0.1) is 0 Å². The molecule has 3 N–H and O–H groups in total. The van der Waals surface area contributed by atoms with E-state index in [-0.39, 0.29) is 30.0 Å². The predicted molar refractivity (Wildman–Crippen MR) is 122 cm³/mol. The third-order valence-electron chi connectivity index (χ3n) is 5.81. The zero-order chi connectivity index (χ0) is 22.7. The molecule has 162 valence electrons. The summed E-state index contributed by atoms with van der Waals surface area (Å²) in [6.45, 7) is 0.166. The second-order valence-corrected chi connectivity index (χ2v) is 7.87. The van der Waals surface area contributed by atoms with Gasteiger partial charge in [-0.2, -0.15) is 5.26 Å². The molecular weight excluding hydrogens is 406 g/mol. The number of benzene rings is 2. The maximum absolute atomic E-state index is 13.5. The van der Waals surface area contributed by atoms with Crippen LogP contribution in [-0.2, 0) is 6.54 Å². The van der Waals surface area contributed by atoms with Crippen molar-refractivity contribution >= 4 is 17.4 Å². The molecule has 1 aliphatic carbocycles. The molecule has 1 fully saturated rings. The fourth-order valence-corrected chi connectivity index (χ4v) is 4.17. The molecule has 0 atom stereocenters. The fourth-order valence-electron chi connectivity index (χ4n) is 4.17. The first kappa shape index (κ1) is 21.1. The van der Waals surface area contributed by atoms with Crippen molar-refractivity contribution in [1.29, 1.82) is 5.26 Å². The highest BCUT2D eigenvalue weighted by molar-refractivity contribution is 6.07. The standard InChI is InChI=1S/C24H23N5O3/c25-14-16-10-12-18(13-11-16)23(31)29(19-8-4-5-9-19)20-21(26)28(24(32)27-22(20)30)15-17-6-2-1-3-7-17/h1-3,6-7,10-13,19H,4-5,8-9,15,26H2,(H,27,30,32). The summed E-state index contributed by atoms with van der Waals surface area (Å²) < 4.78 is 1.28. The molecule has 0 saturated heterocycles. The molecule has 0 bridgehead atoms. The molecule has 3 aromatic rings. The lowest BCUT2D eigenvalue weighted by atomic mass is 10.1. The number of amides is 1. The van der Waals surface area contributed by atoms with E-state index in [1.165, 1.54) is 9.47 Å². The highest BCUT2D eigenvalue weighted by Gasteiger charge is 2.33. The summed E-state index contributed by atoms with van der Waals surface area (Å²) in [5.41, 5.74) is 6.65. The van der Waals surface area contributed by atoms with Crippen molar-refractivity contribution < 1.29 is 4.79 Å². The molecule has 1 saturated carbocycles. The quantitative estimate of drug-likeness (QED) is 0.645. The van der Waals surface area contributed by atoms with Gasteiger partial charge in [0, 0.05) is 11.6 Å². The van der Waals surface area contributed by atoms with Gasteiger partial charge in [-0.1, -0.05) is 43.2 Å². The molecule has 0 radical (unpaired) electrons. The van der Waals surface area contributed by atoms with Crippen molar-refractivity contribution in [3.63, 3.8) is 0 Å². The monoisotopic (exact) mass is 429 g/mol. The molecular formula is C24H23N5O3. The number of nitriles is 1. The van der Waals surface area contributed by atoms with Crippen LogP contribution in [0.2, 0.25) is 0 Å². The van der Waals surface area contributed by atoms with Crippen LogP contribution < -0.4 is 21.9 Å². The second-order valence-electron chi connectivity index (χ2n) is 7.87. The van der Waals surface area contributed by atoms with E-state index in [0.29, 0.717) is 11.1 Å². The van der Waals surface area contributed by atoms with E-state index in [4.69, 9.17) is 11.0 Å². The number of nitrogens with two attached hydrogens (primary N) is 1. The number of carbonyl (C=O) groups excluding carboxylic acids is 1. The van der Waals surface area contributed by atoms with Gasteiger partial charge in [-0.25, -0.2) is 4.79 Å². The van der Waals surface area contributed by atoms with Crippen LogP contribution in [0.25, 0.3) is 0 Å². The average Bonchev–Trinajstić information content (AvgIpc) is 3.34. The molecule has 4 rings (SSSR count). The van der Waals surface area contributed by atoms with Crippen LogP contribution in [0, 0.1) is 11.3 Å². The number of anilines is 2. The molecule has 32 heavy (non-hydrogen) atoms. The van der Waals surface area contributed by atoms with Crippen molar-refractivity contribution in [2.75, 3.05) is 10.6 Å². The number of hydrogen-bond acceptors (Lipinski definition) is 5. The van der Waals surface area contributed by atoms with Crippen LogP contribution in [0.3, 0.4) is 0 Å². The average molecular weight is 429 g/mol. The first-order valence-electron chi connectivity index (χ1n) is 10.5. The number of H-pyrrole nitrogens is 1. The summed E-state index contributed by atoms with van der Waals surface area (Å²) in [5.74, 6) is -0.431. The summed E-state index contributed by atoms with van der Waals surface area (Å²) in [4.78, 5) is 42.8. The molecule has 8 heteroatoms. The topological polar surface area (TPSA) is 125 Å². The van der Waals surface area contributed by atoms with Crippen LogP contribution in [-0.4, -0.2) is 21.5 Å². The number of carbonyl (C=O) groups is 1. The summed E-state index contributed by atoms with van der Waals surface area (Å²) in [6.07, 6.45) is 3.34. The SMILES string of the molecule is N#Cc1ccc(C(=O)N(c2c(N)n(Cc3ccccc3)c(=O)[nH]c2=O)C2CCCC2)cc1. The summed E-state index contributed by atoms with van der Waals surface area (Å²) in [5, 5.41) is 9.04. The highest BCUT2D eigenvalue weighted by Crippen LogP contribution is 2.30. The lowest BCUT2D eigenvalue weighted by Gasteiger charge is -2.30. The lowest BCUT2D eigenvalue weighted by Crippen LogP contribution is -2.45. The van der Waals surface area contributed by atoms with Gasteiger partial charge in [0.1, 0.15) is 5.82 Å². The summed E-state index contributed by atoms with van der Waals surface area (Å²) in [6, 6.07) is 17.3. The molecule has 8 nitrogen and oxygen atoms in total. The minimum atomic E-state index is -0.689. The Bertz CT molecular complexity index is 1280. The zero-order valence-electron chi connectivity index (χ0n) is 17.5. The Morgan fingerprint density at radius 3 is 2.38 bits per heavy atom. The molecule has 0 unspecified atom stereocenters. The largest absolute Gasteiger partial charge is 0.383 e. The Morgan fingerprint density at radius 1 is 1.09 bits per heavy atom. The van der Waals surface area contributed by atoms with Gasteiger partial charge in [0.05, 0.1) is 18.2 Å². The number of nitrogens with one attached hydrogen (secondary N) is 1. The van der Waals surface area contributed by atoms with Gasteiger partial charge < -0.3 is 5.73 Å². The summed E-state index contributed by atoms with van der Waals surface area (Å²) >= 11 is 0. The lowest BCUT2D eigenvalue weighted by molar-refractivity contribution is 0.0976. The smallest absolute Gasteiger partial charge is 0.330 e. The molecule has 0 aliphatic heterocycles. The number of nitrogen functional groups attached to an aromatic ring is 1. The van der Waals surface area contributed by atoms with Crippen LogP contribution in [0.1, 0.15) is 47.2 Å². The van der Waals surface area contributed by atoms with Gasteiger partial charge in [0.15, 0.2) is 5.69 Å². The first-order valence-corrected chi connectivity index (χ1v) is 10.5. The normalized spacial score (nSPS) is 13.6. The number of aromatic amines is 1. The minimum absolute atomic E-state index is 0.0122. The highest BCUT2D eigenvalue weighted by atomic mass is 16.2. The minimum Gasteiger partial charge on any atom is -0.383 e. The third-order valence-corrected chi connectivity index (χ3v) is 5.81. The second kappa shape index (κ2) is 8.94. The Hall–Kier alpha value is -4.12. The van der Waals surface area contributed by atoms with E-state index < -0.39 is 11.2 Å². The van der Waals surface area contributed by atoms with Crippen molar-refractivity contribution in [3.05, 3.63) is 92.1 Å². The van der Waals surface area contributed by atoms with Crippen molar-refractivity contribution in [2.45, 2.75) is 38.3 Å².